The van der Waals surface area contributed by atoms with E-state index in [1.54, 1.807) is 16.9 Å². The number of aryl methyl sites for hydroxylation is 1. The van der Waals surface area contributed by atoms with Crippen molar-refractivity contribution >= 4 is 11.6 Å². The molecule has 1 amide bonds. The summed E-state index contributed by atoms with van der Waals surface area (Å²) < 4.78 is 1.73. The highest BCUT2D eigenvalue weighted by molar-refractivity contribution is 6.00. The van der Waals surface area contributed by atoms with Gasteiger partial charge in [-0.2, -0.15) is 5.10 Å². The van der Waals surface area contributed by atoms with Crippen molar-refractivity contribution in [3.8, 4) is 11.3 Å². The second-order valence-electron chi connectivity index (χ2n) is 6.75. The highest BCUT2D eigenvalue weighted by atomic mass is 16.1. The summed E-state index contributed by atoms with van der Waals surface area (Å²) >= 11 is 0. The number of rotatable bonds is 3. The number of nitrogens with zero attached hydrogens (tertiary/aromatic N) is 3. The van der Waals surface area contributed by atoms with Gasteiger partial charge in [-0.3, -0.25) is 4.79 Å². The molecule has 1 atom stereocenters. The molecule has 0 saturated carbocycles. The van der Waals surface area contributed by atoms with Gasteiger partial charge in [-0.25, -0.2) is 9.50 Å². The van der Waals surface area contributed by atoms with Crippen LogP contribution in [0.15, 0.2) is 73.1 Å². The zero-order valence-electron chi connectivity index (χ0n) is 14.7. The number of hydrogen-bond acceptors (Lipinski definition) is 3. The lowest BCUT2D eigenvalue weighted by Gasteiger charge is -2.13. The van der Waals surface area contributed by atoms with Crippen molar-refractivity contribution in [2.24, 2.45) is 0 Å². The molecule has 1 aliphatic carbocycles. The van der Waals surface area contributed by atoms with Crippen molar-refractivity contribution in [2.75, 3.05) is 0 Å². The van der Waals surface area contributed by atoms with Gasteiger partial charge in [-0.1, -0.05) is 54.6 Å². The Kier molecular flexibility index (Phi) is 3.71. The fourth-order valence-corrected chi connectivity index (χ4v) is 3.82. The van der Waals surface area contributed by atoms with Gasteiger partial charge in [0.05, 0.1) is 17.9 Å². The lowest BCUT2D eigenvalue weighted by atomic mass is 10.1. The molecule has 4 aromatic rings. The summed E-state index contributed by atoms with van der Waals surface area (Å²) in [6.45, 7) is 0. The van der Waals surface area contributed by atoms with Crippen LogP contribution in [0, 0.1) is 0 Å². The minimum absolute atomic E-state index is 0.0426. The molecule has 5 heteroatoms. The fraction of sp³-hybridized carbons (Fsp3) is 0.136. The van der Waals surface area contributed by atoms with E-state index in [1.807, 2.05) is 48.5 Å². The maximum absolute atomic E-state index is 12.9. The van der Waals surface area contributed by atoms with E-state index < -0.39 is 0 Å². The molecule has 27 heavy (non-hydrogen) atoms. The molecule has 1 N–H and O–H groups in total. The molecule has 5 nitrogen and oxygen atoms in total. The number of benzene rings is 2. The Hall–Kier alpha value is -3.47. The zero-order chi connectivity index (χ0) is 18.2. The Balaban J connectivity index is 1.48. The second kappa shape index (κ2) is 6.36. The molecule has 132 valence electrons. The van der Waals surface area contributed by atoms with Crippen LogP contribution in [0.2, 0.25) is 0 Å². The predicted octanol–water partition coefficient (Wildman–Crippen LogP) is 3.81. The van der Waals surface area contributed by atoms with Crippen molar-refractivity contribution in [1.29, 1.82) is 0 Å². The van der Waals surface area contributed by atoms with Crippen molar-refractivity contribution in [3.05, 3.63) is 89.7 Å². The van der Waals surface area contributed by atoms with Gasteiger partial charge in [0.1, 0.15) is 5.56 Å². The van der Waals surface area contributed by atoms with E-state index in [2.05, 4.69) is 27.5 Å². The van der Waals surface area contributed by atoms with Crippen molar-refractivity contribution < 1.29 is 4.79 Å². The minimum atomic E-state index is -0.135. The monoisotopic (exact) mass is 354 g/mol. The average molecular weight is 354 g/mol. The molecule has 0 aliphatic heterocycles. The number of fused-ring (bicyclic) bond motifs is 2. The van der Waals surface area contributed by atoms with E-state index in [9.17, 15) is 4.79 Å². The molecule has 5 rings (SSSR count). The van der Waals surface area contributed by atoms with Crippen molar-refractivity contribution in [1.82, 2.24) is 19.9 Å². The van der Waals surface area contributed by atoms with Gasteiger partial charge < -0.3 is 5.32 Å². The van der Waals surface area contributed by atoms with E-state index in [1.165, 1.54) is 11.1 Å². The molecule has 1 aliphatic rings. The molecule has 2 aromatic heterocycles. The summed E-state index contributed by atoms with van der Waals surface area (Å²) in [5, 5.41) is 7.58. The number of aromatic nitrogens is 3. The number of hydrogen-bond donors (Lipinski definition) is 1. The standard InChI is InChI=1S/C22H18N4O/c27-22(25-19-11-10-15-6-4-5-9-17(15)19)18-14-24-26-20(12-13-23-21(18)26)16-7-2-1-3-8-16/h1-9,12-14,19H,10-11H2,(H,25,27)/t19-/m1/s1. The van der Waals surface area contributed by atoms with Gasteiger partial charge in [0.15, 0.2) is 5.65 Å². The number of nitrogens with one attached hydrogen (secondary N) is 1. The minimum Gasteiger partial charge on any atom is -0.345 e. The largest absolute Gasteiger partial charge is 0.345 e. The third-order valence-electron chi connectivity index (χ3n) is 5.15. The predicted molar refractivity (Wildman–Crippen MR) is 103 cm³/mol. The first-order chi connectivity index (χ1) is 13.3. The first-order valence-corrected chi connectivity index (χ1v) is 9.08. The van der Waals surface area contributed by atoms with Crippen LogP contribution in [0.5, 0.6) is 0 Å². The van der Waals surface area contributed by atoms with E-state index in [0.29, 0.717) is 11.2 Å². The second-order valence-corrected chi connectivity index (χ2v) is 6.75. The lowest BCUT2D eigenvalue weighted by Crippen LogP contribution is -2.27. The number of carbonyl (C=O) groups is 1. The molecule has 0 unspecified atom stereocenters. The quantitative estimate of drug-likeness (QED) is 0.608. The van der Waals surface area contributed by atoms with Gasteiger partial charge in [0.2, 0.25) is 0 Å². The van der Waals surface area contributed by atoms with E-state index in [-0.39, 0.29) is 11.9 Å². The third-order valence-corrected chi connectivity index (χ3v) is 5.15. The summed E-state index contributed by atoms with van der Waals surface area (Å²) in [5.41, 5.74) is 5.53. The Morgan fingerprint density at radius 1 is 1.04 bits per heavy atom. The third kappa shape index (κ3) is 2.68. The summed E-state index contributed by atoms with van der Waals surface area (Å²) in [4.78, 5) is 17.3. The van der Waals surface area contributed by atoms with Gasteiger partial charge in [0.25, 0.3) is 5.91 Å². The summed E-state index contributed by atoms with van der Waals surface area (Å²) in [7, 11) is 0. The van der Waals surface area contributed by atoms with Crippen LogP contribution in [0.25, 0.3) is 16.9 Å². The molecule has 2 aromatic carbocycles. The molecule has 0 radical (unpaired) electrons. The van der Waals surface area contributed by atoms with Crippen molar-refractivity contribution in [2.45, 2.75) is 18.9 Å². The molecular formula is C22H18N4O. The molecule has 0 bridgehead atoms. The molecule has 0 saturated heterocycles. The molecular weight excluding hydrogens is 336 g/mol. The smallest absolute Gasteiger partial charge is 0.257 e. The Labute approximate surface area is 156 Å². The number of carbonyl (C=O) groups excluding carboxylic acids is 1. The molecule has 0 fully saturated rings. The maximum Gasteiger partial charge on any atom is 0.257 e. The number of amides is 1. The first-order valence-electron chi connectivity index (χ1n) is 9.08. The summed E-state index contributed by atoms with van der Waals surface area (Å²) in [5.74, 6) is -0.135. The highest BCUT2D eigenvalue weighted by Crippen LogP contribution is 2.31. The fourth-order valence-electron chi connectivity index (χ4n) is 3.82. The van der Waals surface area contributed by atoms with Gasteiger partial charge in [-0.15, -0.1) is 0 Å². The van der Waals surface area contributed by atoms with E-state index in [4.69, 9.17) is 0 Å². The van der Waals surface area contributed by atoms with Crippen LogP contribution < -0.4 is 5.32 Å². The Morgan fingerprint density at radius 3 is 2.74 bits per heavy atom. The van der Waals surface area contributed by atoms with Crippen LogP contribution in [0.3, 0.4) is 0 Å². The van der Waals surface area contributed by atoms with Crippen LogP contribution in [0.1, 0.15) is 33.9 Å². The van der Waals surface area contributed by atoms with Crippen molar-refractivity contribution in [3.63, 3.8) is 0 Å². The molecule has 2 heterocycles. The Morgan fingerprint density at radius 2 is 1.85 bits per heavy atom. The maximum atomic E-state index is 12.9. The SMILES string of the molecule is O=C(N[C@@H]1CCc2ccccc21)c1cnn2c(-c3ccccc3)ccnc12. The topological polar surface area (TPSA) is 59.3 Å². The van der Waals surface area contributed by atoms with E-state index >= 15 is 0 Å². The van der Waals surface area contributed by atoms with Gasteiger partial charge >= 0.3 is 0 Å². The zero-order valence-corrected chi connectivity index (χ0v) is 14.7. The van der Waals surface area contributed by atoms with Crippen LogP contribution in [-0.4, -0.2) is 20.5 Å². The highest BCUT2D eigenvalue weighted by Gasteiger charge is 2.25. The van der Waals surface area contributed by atoms with Crippen LogP contribution in [0.4, 0.5) is 0 Å². The lowest BCUT2D eigenvalue weighted by molar-refractivity contribution is 0.0938. The Bertz CT molecular complexity index is 1130. The summed E-state index contributed by atoms with van der Waals surface area (Å²) in [6, 6.07) is 20.2. The first kappa shape index (κ1) is 15.8. The van der Waals surface area contributed by atoms with Crippen LogP contribution >= 0.6 is 0 Å². The van der Waals surface area contributed by atoms with Gasteiger partial charge in [-0.05, 0) is 30.0 Å². The van der Waals surface area contributed by atoms with Gasteiger partial charge in [0, 0.05) is 11.8 Å². The van der Waals surface area contributed by atoms with Crippen LogP contribution in [-0.2, 0) is 6.42 Å². The summed E-state index contributed by atoms with van der Waals surface area (Å²) in [6.07, 6.45) is 5.24. The average Bonchev–Trinajstić information content (AvgIpc) is 3.33. The van der Waals surface area contributed by atoms with E-state index in [0.717, 1.165) is 24.1 Å². The molecule has 0 spiro atoms. The normalized spacial score (nSPS) is 15.6.